The second-order valence-corrected chi connectivity index (χ2v) is 5.85. The van der Waals surface area contributed by atoms with Crippen molar-refractivity contribution in [2.24, 2.45) is 0 Å². The minimum atomic E-state index is 0.690. The van der Waals surface area contributed by atoms with Crippen LogP contribution in [0.15, 0.2) is 30.3 Å². The fourth-order valence-electron chi connectivity index (χ4n) is 2.86. The molecule has 1 aliphatic heterocycles. The topological polar surface area (TPSA) is 41.5 Å². The van der Waals surface area contributed by atoms with Crippen LogP contribution in [0.25, 0.3) is 0 Å². The molecule has 5 nitrogen and oxygen atoms in total. The number of para-hydroxylation sites is 2. The number of aryl methyl sites for hydroxylation is 2. The maximum absolute atomic E-state index is 5.75. The average Bonchev–Trinajstić information content (AvgIpc) is 2.58. The molecule has 1 saturated heterocycles. The van der Waals surface area contributed by atoms with Crippen molar-refractivity contribution in [3.63, 3.8) is 0 Å². The molecule has 2 heterocycles. The minimum Gasteiger partial charge on any atom is -0.492 e. The van der Waals surface area contributed by atoms with E-state index in [1.165, 1.54) is 11.3 Å². The first kappa shape index (κ1) is 15.6. The molecule has 1 aromatic heterocycles. The van der Waals surface area contributed by atoms with E-state index < -0.39 is 0 Å². The standard InChI is InChI=1S/C18H24N4O/c1-4-23-17-8-6-5-7-16(17)21-9-11-22(12-10-21)18-13-14(2)15(3)19-20-18/h5-8,13H,4,9-12H2,1-3H3. The predicted octanol–water partition coefficient (Wildman–Crippen LogP) is 2.82. The molecule has 1 aliphatic rings. The van der Waals surface area contributed by atoms with E-state index in [1.54, 1.807) is 0 Å². The average molecular weight is 312 g/mol. The summed E-state index contributed by atoms with van der Waals surface area (Å²) in [6, 6.07) is 10.4. The Morgan fingerprint density at radius 3 is 2.39 bits per heavy atom. The highest BCUT2D eigenvalue weighted by molar-refractivity contribution is 5.59. The van der Waals surface area contributed by atoms with Gasteiger partial charge >= 0.3 is 0 Å². The predicted molar refractivity (Wildman–Crippen MR) is 93.5 cm³/mol. The molecular weight excluding hydrogens is 288 g/mol. The van der Waals surface area contributed by atoms with E-state index in [1.807, 2.05) is 26.0 Å². The zero-order valence-corrected chi connectivity index (χ0v) is 14.1. The second kappa shape index (κ2) is 6.86. The van der Waals surface area contributed by atoms with Crippen molar-refractivity contribution in [2.75, 3.05) is 42.6 Å². The molecule has 3 rings (SSSR count). The molecule has 1 aromatic carbocycles. The van der Waals surface area contributed by atoms with Gasteiger partial charge in [0.2, 0.25) is 0 Å². The summed E-state index contributed by atoms with van der Waals surface area (Å²) in [5.41, 5.74) is 3.37. The molecule has 122 valence electrons. The van der Waals surface area contributed by atoms with Gasteiger partial charge in [0.25, 0.3) is 0 Å². The van der Waals surface area contributed by atoms with E-state index >= 15 is 0 Å². The lowest BCUT2D eigenvalue weighted by Gasteiger charge is -2.37. The van der Waals surface area contributed by atoms with E-state index in [-0.39, 0.29) is 0 Å². The normalized spacial score (nSPS) is 14.9. The van der Waals surface area contributed by atoms with Crippen LogP contribution in [0.5, 0.6) is 5.75 Å². The van der Waals surface area contributed by atoms with E-state index in [4.69, 9.17) is 4.74 Å². The number of rotatable bonds is 4. The zero-order chi connectivity index (χ0) is 16.2. The van der Waals surface area contributed by atoms with Crippen molar-refractivity contribution in [1.82, 2.24) is 10.2 Å². The number of aromatic nitrogens is 2. The van der Waals surface area contributed by atoms with E-state index in [2.05, 4.69) is 45.1 Å². The molecule has 0 saturated carbocycles. The third kappa shape index (κ3) is 3.38. The molecule has 0 unspecified atom stereocenters. The second-order valence-electron chi connectivity index (χ2n) is 5.85. The number of anilines is 2. The van der Waals surface area contributed by atoms with Crippen LogP contribution in [-0.2, 0) is 0 Å². The summed E-state index contributed by atoms with van der Waals surface area (Å²) >= 11 is 0. The van der Waals surface area contributed by atoms with Gasteiger partial charge < -0.3 is 14.5 Å². The summed E-state index contributed by atoms with van der Waals surface area (Å²) < 4.78 is 5.75. The van der Waals surface area contributed by atoms with Gasteiger partial charge in [-0.3, -0.25) is 0 Å². The van der Waals surface area contributed by atoms with Crippen LogP contribution < -0.4 is 14.5 Å². The van der Waals surface area contributed by atoms with Crippen molar-refractivity contribution in [2.45, 2.75) is 20.8 Å². The van der Waals surface area contributed by atoms with E-state index in [0.29, 0.717) is 6.61 Å². The lowest BCUT2D eigenvalue weighted by Crippen LogP contribution is -2.47. The van der Waals surface area contributed by atoms with Crippen molar-refractivity contribution in [3.8, 4) is 5.75 Å². The fourth-order valence-corrected chi connectivity index (χ4v) is 2.86. The summed E-state index contributed by atoms with van der Waals surface area (Å²) in [5, 5.41) is 8.58. The molecule has 5 heteroatoms. The lowest BCUT2D eigenvalue weighted by atomic mass is 10.2. The fraction of sp³-hybridized carbons (Fsp3) is 0.444. The number of piperazine rings is 1. The van der Waals surface area contributed by atoms with Crippen LogP contribution in [0.1, 0.15) is 18.2 Å². The maximum atomic E-state index is 5.75. The highest BCUT2D eigenvalue weighted by Gasteiger charge is 2.21. The van der Waals surface area contributed by atoms with Gasteiger partial charge in [-0.15, -0.1) is 5.10 Å². The Hall–Kier alpha value is -2.30. The van der Waals surface area contributed by atoms with Gasteiger partial charge in [-0.1, -0.05) is 12.1 Å². The van der Waals surface area contributed by atoms with Crippen LogP contribution in [0.2, 0.25) is 0 Å². The summed E-state index contributed by atoms with van der Waals surface area (Å²) in [6.07, 6.45) is 0. The summed E-state index contributed by atoms with van der Waals surface area (Å²) in [7, 11) is 0. The lowest BCUT2D eigenvalue weighted by molar-refractivity contribution is 0.340. The van der Waals surface area contributed by atoms with Gasteiger partial charge in [-0.25, -0.2) is 0 Å². The first-order valence-electron chi connectivity index (χ1n) is 8.21. The first-order chi connectivity index (χ1) is 11.2. The minimum absolute atomic E-state index is 0.690. The Morgan fingerprint density at radius 1 is 1.00 bits per heavy atom. The Labute approximate surface area is 137 Å². The summed E-state index contributed by atoms with van der Waals surface area (Å²) in [6.45, 7) is 10.6. The highest BCUT2D eigenvalue weighted by atomic mass is 16.5. The van der Waals surface area contributed by atoms with Gasteiger partial charge in [-0.05, 0) is 44.5 Å². The Balaban J connectivity index is 1.70. The molecule has 0 aliphatic carbocycles. The van der Waals surface area contributed by atoms with E-state index in [0.717, 1.165) is 43.4 Å². The quantitative estimate of drug-likeness (QED) is 0.868. The maximum Gasteiger partial charge on any atom is 0.151 e. The van der Waals surface area contributed by atoms with Crippen LogP contribution in [0.4, 0.5) is 11.5 Å². The van der Waals surface area contributed by atoms with E-state index in [9.17, 15) is 0 Å². The van der Waals surface area contributed by atoms with Gasteiger partial charge in [0.05, 0.1) is 18.0 Å². The molecule has 0 amide bonds. The molecule has 0 N–H and O–H groups in total. The number of hydrogen-bond donors (Lipinski definition) is 0. The van der Waals surface area contributed by atoms with Crippen molar-refractivity contribution >= 4 is 11.5 Å². The van der Waals surface area contributed by atoms with Gasteiger partial charge in [0, 0.05) is 26.2 Å². The van der Waals surface area contributed by atoms with Crippen molar-refractivity contribution in [3.05, 3.63) is 41.6 Å². The highest BCUT2D eigenvalue weighted by Crippen LogP contribution is 2.29. The van der Waals surface area contributed by atoms with Crippen LogP contribution in [0, 0.1) is 13.8 Å². The molecule has 1 fully saturated rings. The molecule has 0 spiro atoms. The van der Waals surface area contributed by atoms with Gasteiger partial charge in [0.1, 0.15) is 5.75 Å². The Kier molecular flexibility index (Phi) is 4.65. The zero-order valence-electron chi connectivity index (χ0n) is 14.1. The van der Waals surface area contributed by atoms with Crippen LogP contribution in [0.3, 0.4) is 0 Å². The van der Waals surface area contributed by atoms with Crippen LogP contribution >= 0.6 is 0 Å². The number of hydrogen-bond acceptors (Lipinski definition) is 5. The molecule has 2 aromatic rings. The van der Waals surface area contributed by atoms with Crippen molar-refractivity contribution in [1.29, 1.82) is 0 Å². The van der Waals surface area contributed by atoms with Gasteiger partial charge in [-0.2, -0.15) is 5.10 Å². The molecular formula is C18H24N4O. The molecule has 0 radical (unpaired) electrons. The third-order valence-electron chi connectivity index (χ3n) is 4.33. The molecule has 0 bridgehead atoms. The third-order valence-corrected chi connectivity index (χ3v) is 4.33. The Morgan fingerprint density at radius 2 is 1.70 bits per heavy atom. The van der Waals surface area contributed by atoms with Crippen LogP contribution in [-0.4, -0.2) is 43.0 Å². The monoisotopic (exact) mass is 312 g/mol. The smallest absolute Gasteiger partial charge is 0.151 e. The summed E-state index contributed by atoms with van der Waals surface area (Å²) in [4.78, 5) is 4.69. The molecule has 0 atom stereocenters. The SMILES string of the molecule is CCOc1ccccc1N1CCN(c2cc(C)c(C)nn2)CC1. The number of ether oxygens (including phenoxy) is 1. The summed E-state index contributed by atoms with van der Waals surface area (Å²) in [5.74, 6) is 1.94. The number of benzene rings is 1. The largest absolute Gasteiger partial charge is 0.492 e. The molecule has 23 heavy (non-hydrogen) atoms. The number of nitrogens with zero attached hydrogens (tertiary/aromatic N) is 4. The first-order valence-corrected chi connectivity index (χ1v) is 8.21. The van der Waals surface area contributed by atoms with Crippen molar-refractivity contribution < 1.29 is 4.74 Å². The Bertz CT molecular complexity index is 666. The van der Waals surface area contributed by atoms with Gasteiger partial charge in [0.15, 0.2) is 5.82 Å².